The molecule has 0 saturated heterocycles. The number of esters is 1. The summed E-state index contributed by atoms with van der Waals surface area (Å²) in [6.07, 6.45) is 3.56. The van der Waals surface area contributed by atoms with Crippen molar-refractivity contribution in [2.75, 3.05) is 13.2 Å². The highest BCUT2D eigenvalue weighted by atomic mass is 32.2. The predicted molar refractivity (Wildman–Crippen MR) is 138 cm³/mol. The lowest BCUT2D eigenvalue weighted by Crippen LogP contribution is -2.17. The first-order valence-corrected chi connectivity index (χ1v) is 11.9. The molecule has 1 amide bonds. The topological polar surface area (TPSA) is 116 Å². The highest BCUT2D eigenvalue weighted by molar-refractivity contribution is 8.18. The zero-order chi connectivity index (χ0) is 24.9. The molecule has 0 unspecified atom stereocenters. The van der Waals surface area contributed by atoms with Crippen LogP contribution >= 0.6 is 11.8 Å². The molecule has 0 atom stereocenters. The molecule has 2 aromatic carbocycles. The Bertz CT molecular complexity index is 1370. The fourth-order valence-corrected chi connectivity index (χ4v) is 4.75. The van der Waals surface area contributed by atoms with E-state index in [-0.39, 0.29) is 24.5 Å². The number of hydrogen-bond donors (Lipinski definition) is 2. The largest absolute Gasteiger partial charge is 0.506 e. The quantitative estimate of drug-likeness (QED) is 0.441. The SMILES string of the molecule is CCOC(=O)C1=C(O)/C(=C/c2cn(CC(N)=O)c3ccccc23)SC1=Nc1ccc(OCC)cc1. The molecule has 3 N–H and O–H groups in total. The number of hydrogen-bond acceptors (Lipinski definition) is 7. The molecule has 9 heteroatoms. The Morgan fingerprint density at radius 3 is 2.54 bits per heavy atom. The zero-order valence-corrected chi connectivity index (χ0v) is 20.2. The van der Waals surface area contributed by atoms with Crippen LogP contribution in [0.25, 0.3) is 17.0 Å². The Labute approximate surface area is 206 Å². The molecule has 2 heterocycles. The van der Waals surface area contributed by atoms with Gasteiger partial charge in [0.25, 0.3) is 0 Å². The fourth-order valence-electron chi connectivity index (χ4n) is 3.72. The van der Waals surface area contributed by atoms with Crippen LogP contribution in [0.15, 0.2) is 76.0 Å². The number of aliphatic imine (C=N–C) groups is 1. The van der Waals surface area contributed by atoms with Crippen LogP contribution in [0.1, 0.15) is 19.4 Å². The molecule has 35 heavy (non-hydrogen) atoms. The maximum atomic E-state index is 12.7. The second-order valence-electron chi connectivity index (χ2n) is 7.59. The van der Waals surface area contributed by atoms with Crippen molar-refractivity contribution in [3.63, 3.8) is 0 Å². The van der Waals surface area contributed by atoms with Crippen molar-refractivity contribution in [1.82, 2.24) is 4.57 Å². The lowest BCUT2D eigenvalue weighted by molar-refractivity contribution is -0.138. The molecule has 1 aliphatic rings. The van der Waals surface area contributed by atoms with Crippen LogP contribution in [0.3, 0.4) is 0 Å². The number of amides is 1. The lowest BCUT2D eigenvalue weighted by Gasteiger charge is -2.05. The summed E-state index contributed by atoms with van der Waals surface area (Å²) in [6, 6.07) is 14.7. The minimum Gasteiger partial charge on any atom is -0.506 e. The molecule has 0 bridgehead atoms. The minimum absolute atomic E-state index is 0.0119. The van der Waals surface area contributed by atoms with E-state index in [1.165, 1.54) is 11.8 Å². The average Bonchev–Trinajstić information content (AvgIpc) is 3.32. The summed E-state index contributed by atoms with van der Waals surface area (Å²) in [6.45, 7) is 4.34. The maximum absolute atomic E-state index is 12.7. The molecule has 0 spiro atoms. The van der Waals surface area contributed by atoms with Crippen LogP contribution in [0.4, 0.5) is 5.69 Å². The number of carbonyl (C=O) groups excluding carboxylic acids is 2. The molecule has 0 fully saturated rings. The second-order valence-corrected chi connectivity index (χ2v) is 8.63. The Kier molecular flexibility index (Phi) is 7.26. The third-order valence-electron chi connectivity index (χ3n) is 5.18. The van der Waals surface area contributed by atoms with Gasteiger partial charge < -0.3 is 24.9 Å². The van der Waals surface area contributed by atoms with Gasteiger partial charge in [-0.3, -0.25) is 4.79 Å². The number of fused-ring (bicyclic) bond motifs is 1. The molecule has 1 aliphatic heterocycles. The van der Waals surface area contributed by atoms with E-state index < -0.39 is 11.9 Å². The van der Waals surface area contributed by atoms with Crippen molar-refractivity contribution in [3.8, 4) is 5.75 Å². The van der Waals surface area contributed by atoms with Gasteiger partial charge in [0.05, 0.1) is 23.8 Å². The van der Waals surface area contributed by atoms with Gasteiger partial charge in [-0.05, 0) is 50.3 Å². The summed E-state index contributed by atoms with van der Waals surface area (Å²) in [5, 5.41) is 12.2. The summed E-state index contributed by atoms with van der Waals surface area (Å²) < 4.78 is 12.4. The predicted octanol–water partition coefficient (Wildman–Crippen LogP) is 4.72. The van der Waals surface area contributed by atoms with Gasteiger partial charge >= 0.3 is 5.97 Å². The highest BCUT2D eigenvalue weighted by Crippen LogP contribution is 2.41. The standard InChI is InChI=1S/C26H25N3O5S/c1-3-33-18-11-9-17(10-12-18)28-25-23(26(32)34-4-2)24(31)21(35-25)13-16-14-29(15-22(27)30)20-8-6-5-7-19(16)20/h5-14,31H,3-4,15H2,1-2H3,(H2,27,30)/b21-13-,28-25?. The maximum Gasteiger partial charge on any atom is 0.344 e. The van der Waals surface area contributed by atoms with Crippen molar-refractivity contribution in [2.24, 2.45) is 10.7 Å². The van der Waals surface area contributed by atoms with Crippen LogP contribution in [0, 0.1) is 0 Å². The minimum atomic E-state index is -0.651. The summed E-state index contributed by atoms with van der Waals surface area (Å²) in [7, 11) is 0. The van der Waals surface area contributed by atoms with Gasteiger partial charge in [0.15, 0.2) is 0 Å². The summed E-state index contributed by atoms with van der Waals surface area (Å²) in [5.74, 6) is -0.601. The van der Waals surface area contributed by atoms with Gasteiger partial charge in [0.1, 0.15) is 28.7 Å². The smallest absolute Gasteiger partial charge is 0.344 e. The van der Waals surface area contributed by atoms with E-state index >= 15 is 0 Å². The van der Waals surface area contributed by atoms with E-state index in [0.717, 1.165) is 16.5 Å². The highest BCUT2D eigenvalue weighted by Gasteiger charge is 2.33. The fraction of sp³-hybridized carbons (Fsp3) is 0.192. The number of rotatable bonds is 8. The molecule has 0 aliphatic carbocycles. The van der Waals surface area contributed by atoms with Crippen molar-refractivity contribution >= 4 is 51.3 Å². The third-order valence-corrected chi connectivity index (χ3v) is 6.20. The number of ether oxygens (including phenoxy) is 2. The van der Waals surface area contributed by atoms with Crippen LogP contribution in [-0.4, -0.2) is 39.8 Å². The number of para-hydroxylation sites is 1. The van der Waals surface area contributed by atoms with E-state index in [1.807, 2.05) is 31.2 Å². The van der Waals surface area contributed by atoms with Gasteiger partial charge in [-0.1, -0.05) is 30.0 Å². The molecule has 8 nitrogen and oxygen atoms in total. The van der Waals surface area contributed by atoms with E-state index in [1.54, 1.807) is 48.0 Å². The van der Waals surface area contributed by atoms with Crippen molar-refractivity contribution in [3.05, 3.63) is 76.5 Å². The van der Waals surface area contributed by atoms with Crippen molar-refractivity contribution in [1.29, 1.82) is 0 Å². The number of carbonyl (C=O) groups is 2. The first kappa shape index (κ1) is 24.2. The Morgan fingerprint density at radius 2 is 1.86 bits per heavy atom. The van der Waals surface area contributed by atoms with Crippen LogP contribution in [-0.2, 0) is 20.9 Å². The van der Waals surface area contributed by atoms with Crippen LogP contribution < -0.4 is 10.5 Å². The van der Waals surface area contributed by atoms with Crippen molar-refractivity contribution in [2.45, 2.75) is 20.4 Å². The number of aromatic nitrogens is 1. The van der Waals surface area contributed by atoms with E-state index in [0.29, 0.717) is 28.0 Å². The Balaban J connectivity index is 1.76. The van der Waals surface area contributed by atoms with Gasteiger partial charge in [-0.15, -0.1) is 0 Å². The molecular formula is C26H25N3O5S. The van der Waals surface area contributed by atoms with Crippen LogP contribution in [0.5, 0.6) is 5.75 Å². The molecule has 0 saturated carbocycles. The number of aliphatic hydroxyl groups excluding tert-OH is 1. The Morgan fingerprint density at radius 1 is 1.11 bits per heavy atom. The van der Waals surface area contributed by atoms with E-state index in [2.05, 4.69) is 4.99 Å². The first-order chi connectivity index (χ1) is 16.9. The van der Waals surface area contributed by atoms with Gasteiger partial charge in [0, 0.05) is 22.7 Å². The number of nitrogens with two attached hydrogens (primary N) is 1. The van der Waals surface area contributed by atoms with E-state index in [9.17, 15) is 14.7 Å². The van der Waals surface area contributed by atoms with Gasteiger partial charge in [0.2, 0.25) is 5.91 Å². The number of primary amides is 1. The monoisotopic (exact) mass is 491 g/mol. The lowest BCUT2D eigenvalue weighted by atomic mass is 10.1. The number of benzene rings is 2. The number of nitrogens with zero attached hydrogens (tertiary/aromatic N) is 2. The summed E-state index contributed by atoms with van der Waals surface area (Å²) >= 11 is 1.17. The van der Waals surface area contributed by atoms with Crippen LogP contribution in [0.2, 0.25) is 0 Å². The molecule has 3 aromatic rings. The average molecular weight is 492 g/mol. The number of thioether (sulfide) groups is 1. The molecule has 0 radical (unpaired) electrons. The molecule has 1 aromatic heterocycles. The van der Waals surface area contributed by atoms with Gasteiger partial charge in [-0.25, -0.2) is 9.79 Å². The second kappa shape index (κ2) is 10.5. The number of aliphatic hydroxyl groups is 1. The Hall–Kier alpha value is -3.98. The third kappa shape index (κ3) is 5.25. The summed E-state index contributed by atoms with van der Waals surface area (Å²) in [4.78, 5) is 29.3. The van der Waals surface area contributed by atoms with E-state index in [4.69, 9.17) is 15.2 Å². The zero-order valence-electron chi connectivity index (χ0n) is 19.4. The molecular weight excluding hydrogens is 466 g/mol. The van der Waals surface area contributed by atoms with Gasteiger partial charge in [-0.2, -0.15) is 0 Å². The molecule has 4 rings (SSSR count). The molecule has 180 valence electrons. The first-order valence-electron chi connectivity index (χ1n) is 11.1. The normalized spacial score (nSPS) is 15.8. The summed E-state index contributed by atoms with van der Waals surface area (Å²) in [5.41, 5.74) is 7.62. The van der Waals surface area contributed by atoms with Crippen molar-refractivity contribution < 1.29 is 24.2 Å².